The van der Waals surface area contributed by atoms with Gasteiger partial charge in [0.2, 0.25) is 0 Å². The summed E-state index contributed by atoms with van der Waals surface area (Å²) in [5.41, 5.74) is 0. The number of carbonyl (C=O) groups excluding carboxylic acids is 4. The molecule has 99 heavy (non-hydrogen) atoms. The Kier molecular flexibility index (Phi) is 71.6. The van der Waals surface area contributed by atoms with Crippen molar-refractivity contribution in [3.63, 3.8) is 0 Å². The van der Waals surface area contributed by atoms with Crippen LogP contribution in [0.1, 0.15) is 426 Å². The zero-order chi connectivity index (χ0) is 72.7. The van der Waals surface area contributed by atoms with Crippen molar-refractivity contribution in [2.24, 2.45) is 5.92 Å². The number of aliphatic hydroxyl groups excluding tert-OH is 1. The topological polar surface area (TPSA) is 237 Å². The molecule has 19 heteroatoms. The first-order chi connectivity index (χ1) is 48.0. The van der Waals surface area contributed by atoms with Crippen molar-refractivity contribution >= 4 is 39.5 Å². The van der Waals surface area contributed by atoms with Gasteiger partial charge in [0.25, 0.3) is 0 Å². The summed E-state index contributed by atoms with van der Waals surface area (Å²) in [5, 5.41) is 10.6. The highest BCUT2D eigenvalue weighted by molar-refractivity contribution is 7.47. The van der Waals surface area contributed by atoms with Crippen LogP contribution in [-0.2, 0) is 65.4 Å². The van der Waals surface area contributed by atoms with Crippen LogP contribution in [-0.4, -0.2) is 96.7 Å². The molecule has 0 heterocycles. The maximum atomic E-state index is 13.1. The predicted molar refractivity (Wildman–Crippen MR) is 405 cm³/mol. The monoisotopic (exact) mass is 1450 g/mol. The normalized spacial score (nSPS) is 13.9. The summed E-state index contributed by atoms with van der Waals surface area (Å²) in [5.74, 6) is -1.43. The molecule has 0 amide bonds. The molecule has 0 fully saturated rings. The number of unbranched alkanes of at least 4 members (excludes halogenated alkanes) is 52. The van der Waals surface area contributed by atoms with E-state index in [-0.39, 0.29) is 25.7 Å². The second kappa shape index (κ2) is 73.0. The lowest BCUT2D eigenvalue weighted by atomic mass is 10.0. The maximum Gasteiger partial charge on any atom is 0.472 e. The van der Waals surface area contributed by atoms with Crippen LogP contribution in [0.25, 0.3) is 0 Å². The lowest BCUT2D eigenvalue weighted by Gasteiger charge is -2.21. The van der Waals surface area contributed by atoms with Crippen molar-refractivity contribution in [3.8, 4) is 0 Å². The number of phosphoric ester groups is 2. The van der Waals surface area contributed by atoms with E-state index in [1.807, 2.05) is 0 Å². The molecule has 0 rings (SSSR count). The fourth-order valence-corrected chi connectivity index (χ4v) is 14.0. The van der Waals surface area contributed by atoms with Gasteiger partial charge in [-0.3, -0.25) is 37.3 Å². The Hall–Kier alpha value is -1.94. The first-order valence-electron chi connectivity index (χ1n) is 41.6. The molecule has 0 aliphatic rings. The van der Waals surface area contributed by atoms with E-state index < -0.39 is 97.5 Å². The summed E-state index contributed by atoms with van der Waals surface area (Å²) in [6.45, 7) is 7.25. The Morgan fingerprint density at radius 2 is 0.465 bits per heavy atom. The molecule has 0 aliphatic heterocycles. The van der Waals surface area contributed by atoms with Crippen molar-refractivity contribution in [1.29, 1.82) is 0 Å². The van der Waals surface area contributed by atoms with Gasteiger partial charge in [-0.2, -0.15) is 0 Å². The molecule has 2 unspecified atom stereocenters. The molecule has 0 bridgehead atoms. The van der Waals surface area contributed by atoms with Gasteiger partial charge in [0.15, 0.2) is 12.2 Å². The third kappa shape index (κ3) is 74.1. The predicted octanol–water partition coefficient (Wildman–Crippen LogP) is 24.0. The molecule has 588 valence electrons. The fraction of sp³-hybridized carbons (Fsp3) is 0.950. The molecule has 0 aromatic rings. The fourth-order valence-electron chi connectivity index (χ4n) is 12.4. The van der Waals surface area contributed by atoms with E-state index >= 15 is 0 Å². The van der Waals surface area contributed by atoms with Crippen molar-refractivity contribution in [2.75, 3.05) is 39.6 Å². The Bertz CT molecular complexity index is 1890. The minimum absolute atomic E-state index is 0.107. The zero-order valence-electron chi connectivity index (χ0n) is 64.6. The van der Waals surface area contributed by atoms with Crippen LogP contribution in [0, 0.1) is 5.92 Å². The SMILES string of the molecule is CCCCCCCCCCCCCCCCCCCCCC(=O)O[C@H](COC(=O)CCCCCCCCCCCCCCCCCCC)COP(=O)(O)OC[C@@H](O)COP(=O)(O)OC[C@@H](COC(=O)CCCCCCCCC(C)C)OC(=O)CCCCCCCCCCCCCCCC. The van der Waals surface area contributed by atoms with Gasteiger partial charge in [0.05, 0.1) is 26.4 Å². The molecule has 0 aromatic carbocycles. The Labute approximate surface area is 607 Å². The number of rotatable bonds is 80. The van der Waals surface area contributed by atoms with Gasteiger partial charge in [-0.15, -0.1) is 0 Å². The van der Waals surface area contributed by atoms with E-state index in [4.69, 9.17) is 37.0 Å². The van der Waals surface area contributed by atoms with Crippen LogP contribution in [0.5, 0.6) is 0 Å². The number of aliphatic hydroxyl groups is 1. The summed E-state index contributed by atoms with van der Waals surface area (Å²) in [6, 6.07) is 0. The maximum absolute atomic E-state index is 13.1. The van der Waals surface area contributed by atoms with E-state index in [0.717, 1.165) is 96.3 Å². The van der Waals surface area contributed by atoms with Crippen LogP contribution in [0.15, 0.2) is 0 Å². The summed E-state index contributed by atoms with van der Waals surface area (Å²) in [4.78, 5) is 72.9. The van der Waals surface area contributed by atoms with Gasteiger partial charge in [-0.05, 0) is 31.6 Å². The van der Waals surface area contributed by atoms with Gasteiger partial charge in [-0.1, -0.05) is 375 Å². The molecular weight excluding hydrogens is 1290 g/mol. The average molecular weight is 1450 g/mol. The number of carbonyl (C=O) groups is 4. The van der Waals surface area contributed by atoms with Crippen LogP contribution < -0.4 is 0 Å². The van der Waals surface area contributed by atoms with Gasteiger partial charge in [0, 0.05) is 25.7 Å². The molecule has 5 atom stereocenters. The van der Waals surface area contributed by atoms with E-state index in [2.05, 4.69) is 34.6 Å². The van der Waals surface area contributed by atoms with Gasteiger partial charge in [0.1, 0.15) is 19.3 Å². The largest absolute Gasteiger partial charge is 0.472 e. The molecule has 0 aliphatic carbocycles. The quantitative estimate of drug-likeness (QED) is 0.0222. The minimum Gasteiger partial charge on any atom is -0.462 e. The average Bonchev–Trinajstić information content (AvgIpc) is 1.03. The van der Waals surface area contributed by atoms with E-state index in [9.17, 15) is 43.2 Å². The highest BCUT2D eigenvalue weighted by Gasteiger charge is 2.30. The molecule has 0 radical (unpaired) electrons. The molecular formula is C80H156O17P2. The van der Waals surface area contributed by atoms with Crippen molar-refractivity contribution < 1.29 is 80.2 Å². The smallest absolute Gasteiger partial charge is 0.462 e. The van der Waals surface area contributed by atoms with Gasteiger partial charge >= 0.3 is 39.5 Å². The van der Waals surface area contributed by atoms with E-state index in [0.29, 0.717) is 31.6 Å². The first kappa shape index (κ1) is 97.1. The highest BCUT2D eigenvalue weighted by atomic mass is 31.2. The lowest BCUT2D eigenvalue weighted by molar-refractivity contribution is -0.161. The zero-order valence-corrected chi connectivity index (χ0v) is 66.4. The van der Waals surface area contributed by atoms with E-state index in [1.54, 1.807) is 0 Å². The highest BCUT2D eigenvalue weighted by Crippen LogP contribution is 2.45. The number of phosphoric acid groups is 2. The summed E-state index contributed by atoms with van der Waals surface area (Å²) < 4.78 is 68.7. The van der Waals surface area contributed by atoms with Crippen LogP contribution in [0.3, 0.4) is 0 Å². The number of esters is 4. The van der Waals surface area contributed by atoms with Crippen molar-refractivity contribution in [2.45, 2.75) is 445 Å². The second-order valence-electron chi connectivity index (χ2n) is 29.3. The Morgan fingerprint density at radius 3 is 0.687 bits per heavy atom. The van der Waals surface area contributed by atoms with Crippen molar-refractivity contribution in [1.82, 2.24) is 0 Å². The first-order valence-corrected chi connectivity index (χ1v) is 44.6. The van der Waals surface area contributed by atoms with Crippen LogP contribution in [0.4, 0.5) is 0 Å². The number of hydrogen-bond acceptors (Lipinski definition) is 15. The standard InChI is InChI=1S/C80H156O17P2/c1-6-9-12-15-18-21-24-27-30-32-33-35-37-40-43-46-49-56-61-66-79(84)96-75(69-90-77(82)63-58-53-47-44-41-39-36-34-31-28-25-22-19-16-13-10-7-2)71-94-98(86,87)92-67-74(81)68-93-99(88,89)95-72-76(70-91-78(83)64-59-54-51-50-52-57-62-73(4)5)97-80(85)65-60-55-48-45-42-38-29-26-23-20-17-14-11-8-3/h73-76,81H,6-72H2,1-5H3,(H,86,87)(H,88,89)/t74-,75-,76-/m1/s1. The Morgan fingerprint density at radius 1 is 0.273 bits per heavy atom. The second-order valence-corrected chi connectivity index (χ2v) is 32.2. The van der Waals surface area contributed by atoms with Gasteiger partial charge in [-0.25, -0.2) is 9.13 Å². The summed E-state index contributed by atoms with van der Waals surface area (Å²) in [6.07, 6.45) is 64.0. The van der Waals surface area contributed by atoms with Crippen LogP contribution >= 0.6 is 15.6 Å². The molecule has 0 spiro atoms. The van der Waals surface area contributed by atoms with Crippen LogP contribution in [0.2, 0.25) is 0 Å². The summed E-state index contributed by atoms with van der Waals surface area (Å²) >= 11 is 0. The molecule has 17 nitrogen and oxygen atoms in total. The number of ether oxygens (including phenoxy) is 4. The van der Waals surface area contributed by atoms with Crippen molar-refractivity contribution in [3.05, 3.63) is 0 Å². The molecule has 0 saturated heterocycles. The van der Waals surface area contributed by atoms with E-state index in [1.165, 1.54) is 244 Å². The summed E-state index contributed by atoms with van der Waals surface area (Å²) in [7, 11) is -9.92. The molecule has 3 N–H and O–H groups in total. The third-order valence-electron chi connectivity index (χ3n) is 18.8. The molecule has 0 saturated carbocycles. The van der Waals surface area contributed by atoms with Gasteiger partial charge < -0.3 is 33.8 Å². The number of hydrogen-bond donors (Lipinski definition) is 3. The minimum atomic E-state index is -4.96. The Balaban J connectivity index is 5.22. The lowest BCUT2D eigenvalue weighted by Crippen LogP contribution is -2.30. The molecule has 0 aromatic heterocycles. The third-order valence-corrected chi connectivity index (χ3v) is 20.7.